The Morgan fingerprint density at radius 1 is 1.25 bits per heavy atom. The number of aromatic nitrogens is 2. The zero-order chi connectivity index (χ0) is 17.1. The van der Waals surface area contributed by atoms with E-state index in [-0.39, 0.29) is 0 Å². The lowest BCUT2D eigenvalue weighted by Gasteiger charge is -2.33. The number of benzene rings is 1. The lowest BCUT2D eigenvalue weighted by molar-refractivity contribution is 0.388. The minimum absolute atomic E-state index is 0.292. The van der Waals surface area contributed by atoms with Crippen molar-refractivity contribution >= 4 is 11.8 Å². The van der Waals surface area contributed by atoms with Crippen LogP contribution in [-0.4, -0.2) is 23.1 Å². The number of nitrogens with zero attached hydrogens (tertiary/aromatic N) is 3. The molecule has 3 rings (SSSR count). The number of nitrogens with two attached hydrogens (primary N) is 1. The first-order valence-corrected chi connectivity index (χ1v) is 8.31. The van der Waals surface area contributed by atoms with Crippen LogP contribution in [0.15, 0.2) is 24.3 Å². The van der Waals surface area contributed by atoms with E-state index >= 15 is 0 Å². The lowest BCUT2D eigenvalue weighted by Crippen LogP contribution is -2.36. The van der Waals surface area contributed by atoms with Gasteiger partial charge in [0.25, 0.3) is 0 Å². The predicted molar refractivity (Wildman–Crippen MR) is 90.8 cm³/mol. The summed E-state index contributed by atoms with van der Waals surface area (Å²) in [6.45, 7) is 3.72. The smallest absolute Gasteiger partial charge is 0.222 e. The lowest BCUT2D eigenvalue weighted by atomic mass is 9.91. The fraction of sp³-hybridized carbons (Fsp3) is 0.444. The molecule has 0 aliphatic carbocycles. The molecule has 1 aromatic carbocycles. The Hall–Kier alpha value is -2.24. The quantitative estimate of drug-likeness (QED) is 0.931. The van der Waals surface area contributed by atoms with Crippen LogP contribution in [0.25, 0.3) is 0 Å². The maximum atomic E-state index is 13.8. The molecule has 1 atom stereocenters. The Balaban J connectivity index is 1.63. The molecule has 1 aliphatic heterocycles. The summed E-state index contributed by atoms with van der Waals surface area (Å²) in [5.74, 6) is 0.622. The Kier molecular flexibility index (Phi) is 4.92. The van der Waals surface area contributed by atoms with Crippen molar-refractivity contribution in [3.8, 4) is 0 Å². The van der Waals surface area contributed by atoms with Gasteiger partial charge >= 0.3 is 0 Å². The van der Waals surface area contributed by atoms with Crippen LogP contribution < -0.4 is 10.6 Å². The molecule has 6 heteroatoms. The molecule has 0 amide bonds. The second-order valence-electron chi connectivity index (χ2n) is 6.45. The van der Waals surface area contributed by atoms with Crippen molar-refractivity contribution in [2.75, 3.05) is 23.7 Å². The van der Waals surface area contributed by atoms with Crippen molar-refractivity contribution in [1.29, 1.82) is 0 Å². The standard InChI is InChI=1S/C18H22F2N4/c1-12-9-17(23-18(21)22-12)24-8-2-3-13(11-24)4-5-14-6-7-15(19)10-16(14)20/h6-7,9-10,13H,2-5,8,11H2,1H3,(H2,21,22,23)/t13-/m1/s1. The third-order valence-corrected chi connectivity index (χ3v) is 4.54. The monoisotopic (exact) mass is 332 g/mol. The molecule has 1 aliphatic rings. The first-order valence-electron chi connectivity index (χ1n) is 8.31. The van der Waals surface area contributed by atoms with Gasteiger partial charge < -0.3 is 10.6 Å². The summed E-state index contributed by atoms with van der Waals surface area (Å²) in [6, 6.07) is 5.76. The molecule has 0 bridgehead atoms. The van der Waals surface area contributed by atoms with Crippen LogP contribution in [-0.2, 0) is 6.42 Å². The number of halogens is 2. The number of hydrogen-bond acceptors (Lipinski definition) is 4. The molecule has 0 unspecified atom stereocenters. The summed E-state index contributed by atoms with van der Waals surface area (Å²) in [6.07, 6.45) is 3.67. The van der Waals surface area contributed by atoms with E-state index in [0.717, 1.165) is 49.9 Å². The first kappa shape index (κ1) is 16.6. The van der Waals surface area contributed by atoms with E-state index in [0.29, 0.717) is 23.9 Å². The van der Waals surface area contributed by atoms with Crippen molar-refractivity contribution < 1.29 is 8.78 Å². The minimum atomic E-state index is -0.531. The topological polar surface area (TPSA) is 55.0 Å². The third kappa shape index (κ3) is 3.99. The fourth-order valence-electron chi connectivity index (χ4n) is 3.33. The van der Waals surface area contributed by atoms with Gasteiger partial charge in [-0.3, -0.25) is 0 Å². The molecular weight excluding hydrogens is 310 g/mol. The molecule has 0 saturated carbocycles. The summed E-state index contributed by atoms with van der Waals surface area (Å²) in [5, 5.41) is 0. The van der Waals surface area contributed by atoms with E-state index in [9.17, 15) is 8.78 Å². The number of hydrogen-bond donors (Lipinski definition) is 1. The molecule has 2 heterocycles. The van der Waals surface area contributed by atoms with Gasteiger partial charge in [-0.15, -0.1) is 0 Å². The highest BCUT2D eigenvalue weighted by atomic mass is 19.1. The van der Waals surface area contributed by atoms with Crippen LogP contribution in [0.1, 0.15) is 30.5 Å². The normalized spacial score (nSPS) is 18.0. The van der Waals surface area contributed by atoms with Crippen molar-refractivity contribution in [1.82, 2.24) is 9.97 Å². The number of piperidine rings is 1. The fourth-order valence-corrected chi connectivity index (χ4v) is 3.33. The average Bonchev–Trinajstić information content (AvgIpc) is 2.53. The largest absolute Gasteiger partial charge is 0.368 e. The second kappa shape index (κ2) is 7.11. The SMILES string of the molecule is Cc1cc(N2CCC[C@H](CCc3ccc(F)cc3F)C2)nc(N)n1. The van der Waals surface area contributed by atoms with E-state index in [1.165, 1.54) is 6.07 Å². The first-order chi connectivity index (χ1) is 11.5. The van der Waals surface area contributed by atoms with Gasteiger partial charge in [-0.25, -0.2) is 13.8 Å². The van der Waals surface area contributed by atoms with Gasteiger partial charge in [0, 0.05) is 30.9 Å². The molecule has 2 N–H and O–H groups in total. The molecule has 1 saturated heterocycles. The molecule has 128 valence electrons. The maximum absolute atomic E-state index is 13.8. The summed E-state index contributed by atoms with van der Waals surface area (Å²) >= 11 is 0. The van der Waals surface area contributed by atoms with Gasteiger partial charge in [0.05, 0.1) is 0 Å². The molecule has 0 radical (unpaired) electrons. The van der Waals surface area contributed by atoms with Gasteiger partial charge in [-0.2, -0.15) is 4.98 Å². The van der Waals surface area contributed by atoms with Crippen molar-refractivity contribution in [3.63, 3.8) is 0 Å². The highest BCUT2D eigenvalue weighted by molar-refractivity contribution is 5.43. The number of nitrogen functional groups attached to an aromatic ring is 1. The zero-order valence-electron chi connectivity index (χ0n) is 13.8. The van der Waals surface area contributed by atoms with Crippen LogP contribution in [0.5, 0.6) is 0 Å². The van der Waals surface area contributed by atoms with Crippen LogP contribution in [0.3, 0.4) is 0 Å². The average molecular weight is 332 g/mol. The highest BCUT2D eigenvalue weighted by Gasteiger charge is 2.21. The number of aryl methyl sites for hydroxylation is 2. The third-order valence-electron chi connectivity index (χ3n) is 4.54. The molecule has 0 spiro atoms. The molecule has 4 nitrogen and oxygen atoms in total. The second-order valence-corrected chi connectivity index (χ2v) is 6.45. The van der Waals surface area contributed by atoms with Crippen molar-refractivity contribution in [2.45, 2.75) is 32.6 Å². The van der Waals surface area contributed by atoms with Gasteiger partial charge in [0.15, 0.2) is 0 Å². The van der Waals surface area contributed by atoms with Crippen molar-refractivity contribution in [3.05, 3.63) is 47.2 Å². The van der Waals surface area contributed by atoms with Crippen LogP contribution >= 0.6 is 0 Å². The Morgan fingerprint density at radius 2 is 2.08 bits per heavy atom. The zero-order valence-corrected chi connectivity index (χ0v) is 13.8. The number of rotatable bonds is 4. The van der Waals surface area contributed by atoms with Gasteiger partial charge in [0.1, 0.15) is 17.5 Å². The van der Waals surface area contributed by atoms with Gasteiger partial charge in [-0.1, -0.05) is 6.07 Å². The Bertz CT molecular complexity index is 700. The predicted octanol–water partition coefficient (Wildman–Crippen LogP) is 3.49. The van der Waals surface area contributed by atoms with Crippen LogP contribution in [0.2, 0.25) is 0 Å². The van der Waals surface area contributed by atoms with E-state index < -0.39 is 11.6 Å². The molecule has 1 fully saturated rings. The van der Waals surface area contributed by atoms with E-state index in [4.69, 9.17) is 5.73 Å². The molecule has 24 heavy (non-hydrogen) atoms. The van der Waals surface area contributed by atoms with Crippen LogP contribution in [0, 0.1) is 24.5 Å². The number of anilines is 2. The highest BCUT2D eigenvalue weighted by Crippen LogP contribution is 2.26. The van der Waals surface area contributed by atoms with Gasteiger partial charge in [-0.05, 0) is 50.2 Å². The van der Waals surface area contributed by atoms with E-state index in [1.807, 2.05) is 13.0 Å². The summed E-state index contributed by atoms with van der Waals surface area (Å²) in [5.41, 5.74) is 7.18. The summed E-state index contributed by atoms with van der Waals surface area (Å²) < 4.78 is 26.7. The Labute approximate surface area is 140 Å². The summed E-state index contributed by atoms with van der Waals surface area (Å²) in [4.78, 5) is 10.7. The summed E-state index contributed by atoms with van der Waals surface area (Å²) in [7, 11) is 0. The Morgan fingerprint density at radius 3 is 2.83 bits per heavy atom. The van der Waals surface area contributed by atoms with E-state index in [1.54, 1.807) is 6.07 Å². The van der Waals surface area contributed by atoms with E-state index in [2.05, 4.69) is 14.9 Å². The van der Waals surface area contributed by atoms with Crippen molar-refractivity contribution in [2.24, 2.45) is 5.92 Å². The molecule has 2 aromatic rings. The minimum Gasteiger partial charge on any atom is -0.368 e. The maximum Gasteiger partial charge on any atom is 0.222 e. The van der Waals surface area contributed by atoms with Gasteiger partial charge in [0.2, 0.25) is 5.95 Å². The molecule has 1 aromatic heterocycles. The molecular formula is C18H22F2N4. The van der Waals surface area contributed by atoms with Crippen LogP contribution in [0.4, 0.5) is 20.5 Å².